The van der Waals surface area contributed by atoms with E-state index in [2.05, 4.69) is 38.2 Å². The number of likely N-dealkylation sites (tertiary alicyclic amines) is 1. The second-order valence-corrected chi connectivity index (χ2v) is 13.6. The maximum Gasteiger partial charge on any atom is 0.243 e. The van der Waals surface area contributed by atoms with E-state index in [4.69, 9.17) is 0 Å². The van der Waals surface area contributed by atoms with Crippen LogP contribution in [-0.2, 0) is 16.1 Å². The molecule has 216 valence electrons. The highest BCUT2D eigenvalue weighted by Gasteiger charge is 2.43. The van der Waals surface area contributed by atoms with Gasteiger partial charge < -0.3 is 20.6 Å². The van der Waals surface area contributed by atoms with Crippen LogP contribution in [0.15, 0.2) is 29.8 Å². The van der Waals surface area contributed by atoms with Crippen LogP contribution in [0.2, 0.25) is 0 Å². The van der Waals surface area contributed by atoms with Crippen LogP contribution in [0.3, 0.4) is 0 Å². The number of nitrogens with zero attached hydrogens (tertiary/aromatic N) is 2. The molecule has 1 aliphatic heterocycles. The predicted molar refractivity (Wildman–Crippen MR) is 168 cm³/mol. The normalized spacial score (nSPS) is 18.4. The summed E-state index contributed by atoms with van der Waals surface area (Å²) in [4.78, 5) is 34.0. The van der Waals surface area contributed by atoms with Crippen LogP contribution >= 0.6 is 33.9 Å². The van der Waals surface area contributed by atoms with E-state index < -0.39 is 18.2 Å². The summed E-state index contributed by atoms with van der Waals surface area (Å²) in [6, 6.07) is 7.01. The minimum absolute atomic E-state index is 0.106. The van der Waals surface area contributed by atoms with Gasteiger partial charge in [0.1, 0.15) is 6.04 Å². The molecule has 0 unspecified atom stereocenters. The van der Waals surface area contributed by atoms with E-state index in [1.807, 2.05) is 57.5 Å². The third-order valence-electron chi connectivity index (χ3n) is 7.31. The molecule has 39 heavy (non-hydrogen) atoms. The molecule has 1 aliphatic rings. The van der Waals surface area contributed by atoms with Gasteiger partial charge in [-0.3, -0.25) is 9.59 Å². The second kappa shape index (κ2) is 15.4. The average Bonchev–Trinajstić information content (AvgIpc) is 3.51. The first-order valence-electron chi connectivity index (χ1n) is 14.2. The lowest BCUT2D eigenvalue weighted by molar-refractivity contribution is -0.142. The van der Waals surface area contributed by atoms with E-state index in [1.54, 1.807) is 16.2 Å². The summed E-state index contributed by atoms with van der Waals surface area (Å²) in [5.74, 6) is -0.327. The number of unbranched alkanes of at least 4 members (excludes halogenated alkanes) is 5. The molecule has 1 aromatic carbocycles. The van der Waals surface area contributed by atoms with Crippen LogP contribution in [0.5, 0.6) is 0 Å². The number of nitrogens with one attached hydrogen (secondary N) is 2. The lowest BCUT2D eigenvalue weighted by atomic mass is 9.85. The molecule has 1 aromatic heterocycles. The maximum absolute atomic E-state index is 13.7. The molecular weight excluding hydrogens is 623 g/mol. The van der Waals surface area contributed by atoms with Gasteiger partial charge in [0.15, 0.2) is 0 Å². The standard InChI is InChI=1S/C30H45IN4O3S/c1-21-26(39-20-34-21)23-13-11-22(12-14-23)18-33-28(37)25-17-24(36)19-35(25)29(38)27(30(2,3)4)32-16-10-8-6-5-7-9-15-31/h11-14,20,24-25,27,32,36H,5-10,15-19H2,1-4H3,(H,33,37)/t24-,25+,27-/m1/s1. The summed E-state index contributed by atoms with van der Waals surface area (Å²) < 4.78 is 1.22. The second-order valence-electron chi connectivity index (χ2n) is 11.6. The Bertz CT molecular complexity index is 1050. The fraction of sp³-hybridized carbons (Fsp3) is 0.633. The van der Waals surface area contributed by atoms with Crippen LogP contribution in [0.1, 0.15) is 77.0 Å². The highest BCUT2D eigenvalue weighted by Crippen LogP contribution is 2.28. The Morgan fingerprint density at radius 1 is 1.13 bits per heavy atom. The fourth-order valence-electron chi connectivity index (χ4n) is 5.07. The average molecular weight is 669 g/mol. The molecule has 3 atom stereocenters. The lowest BCUT2D eigenvalue weighted by Crippen LogP contribution is -2.56. The van der Waals surface area contributed by atoms with Gasteiger partial charge in [-0.25, -0.2) is 4.98 Å². The first-order valence-corrected chi connectivity index (χ1v) is 16.6. The molecule has 3 rings (SSSR count). The van der Waals surface area contributed by atoms with Crippen LogP contribution in [0.4, 0.5) is 0 Å². The molecule has 3 N–H and O–H groups in total. The van der Waals surface area contributed by atoms with Crippen LogP contribution in [-0.4, -0.2) is 62.5 Å². The summed E-state index contributed by atoms with van der Waals surface area (Å²) in [6.45, 7) is 9.46. The van der Waals surface area contributed by atoms with E-state index in [0.29, 0.717) is 6.54 Å². The zero-order valence-electron chi connectivity index (χ0n) is 23.8. The van der Waals surface area contributed by atoms with Gasteiger partial charge in [-0.05, 0) is 47.3 Å². The largest absolute Gasteiger partial charge is 0.391 e. The summed E-state index contributed by atoms with van der Waals surface area (Å²) in [7, 11) is 0. The van der Waals surface area contributed by atoms with Crippen molar-refractivity contribution in [2.24, 2.45) is 5.41 Å². The first-order chi connectivity index (χ1) is 18.6. The number of aliphatic hydroxyl groups excluding tert-OH is 1. The Morgan fingerprint density at radius 3 is 2.41 bits per heavy atom. The molecule has 0 spiro atoms. The quantitative estimate of drug-likeness (QED) is 0.141. The number of carbonyl (C=O) groups excluding carboxylic acids is 2. The highest BCUT2D eigenvalue weighted by atomic mass is 127. The molecule has 7 nitrogen and oxygen atoms in total. The van der Waals surface area contributed by atoms with Crippen molar-refractivity contribution in [3.8, 4) is 10.4 Å². The number of rotatable bonds is 14. The van der Waals surface area contributed by atoms with Crippen LogP contribution in [0.25, 0.3) is 10.4 Å². The van der Waals surface area contributed by atoms with Crippen molar-refractivity contribution < 1.29 is 14.7 Å². The molecule has 1 saturated heterocycles. The molecule has 0 radical (unpaired) electrons. The van der Waals surface area contributed by atoms with Gasteiger partial charge in [0.2, 0.25) is 11.8 Å². The number of alkyl halides is 1. The van der Waals surface area contributed by atoms with Crippen LogP contribution in [0, 0.1) is 12.3 Å². The van der Waals surface area contributed by atoms with Crippen molar-refractivity contribution in [1.82, 2.24) is 20.5 Å². The van der Waals surface area contributed by atoms with Gasteiger partial charge >= 0.3 is 0 Å². The number of halogens is 1. The number of thiazole rings is 1. The number of β-amino-alcohol motifs (C(OH)–C–C–N with tert-alkyl or cyclic N) is 1. The van der Waals surface area contributed by atoms with Crippen molar-refractivity contribution in [1.29, 1.82) is 0 Å². The Morgan fingerprint density at radius 2 is 1.79 bits per heavy atom. The number of amides is 2. The Labute approximate surface area is 251 Å². The van der Waals surface area contributed by atoms with Gasteiger partial charge in [0.25, 0.3) is 0 Å². The molecule has 0 aliphatic carbocycles. The molecule has 2 heterocycles. The Hall–Kier alpha value is -1.56. The third kappa shape index (κ3) is 9.50. The number of carbonyl (C=O) groups is 2. The predicted octanol–water partition coefficient (Wildman–Crippen LogP) is 5.48. The Kier molecular flexibility index (Phi) is 12.7. The summed E-state index contributed by atoms with van der Waals surface area (Å²) in [5.41, 5.74) is 4.63. The topological polar surface area (TPSA) is 94.6 Å². The summed E-state index contributed by atoms with van der Waals surface area (Å²) >= 11 is 4.04. The number of aryl methyl sites for hydroxylation is 1. The number of hydrogen-bond acceptors (Lipinski definition) is 6. The van der Waals surface area contributed by atoms with Crippen molar-refractivity contribution in [3.63, 3.8) is 0 Å². The van der Waals surface area contributed by atoms with Crippen molar-refractivity contribution in [3.05, 3.63) is 41.0 Å². The van der Waals surface area contributed by atoms with Crippen LogP contribution < -0.4 is 10.6 Å². The van der Waals surface area contributed by atoms with Crippen molar-refractivity contribution in [2.45, 2.75) is 97.4 Å². The number of aromatic nitrogens is 1. The van der Waals surface area contributed by atoms with Gasteiger partial charge in [-0.15, -0.1) is 11.3 Å². The maximum atomic E-state index is 13.7. The molecule has 1 fully saturated rings. The minimum atomic E-state index is -0.699. The lowest BCUT2D eigenvalue weighted by Gasteiger charge is -2.35. The molecule has 0 bridgehead atoms. The van der Waals surface area contributed by atoms with E-state index >= 15 is 0 Å². The van der Waals surface area contributed by atoms with E-state index in [9.17, 15) is 14.7 Å². The van der Waals surface area contributed by atoms with E-state index in [-0.39, 0.29) is 30.2 Å². The monoisotopic (exact) mass is 668 g/mol. The third-order valence-corrected chi connectivity index (χ3v) is 9.06. The van der Waals surface area contributed by atoms with Crippen molar-refractivity contribution >= 4 is 45.7 Å². The first kappa shape index (κ1) is 32.0. The summed E-state index contributed by atoms with van der Waals surface area (Å²) in [6.07, 6.45) is 6.80. The van der Waals surface area contributed by atoms with Gasteiger partial charge in [-0.1, -0.05) is 93.3 Å². The van der Waals surface area contributed by atoms with Gasteiger partial charge in [-0.2, -0.15) is 0 Å². The van der Waals surface area contributed by atoms with Gasteiger partial charge in [0, 0.05) is 19.5 Å². The number of hydrogen-bond donors (Lipinski definition) is 3. The van der Waals surface area contributed by atoms with E-state index in [1.165, 1.54) is 30.1 Å². The van der Waals surface area contributed by atoms with Gasteiger partial charge in [0.05, 0.1) is 28.2 Å². The summed E-state index contributed by atoms with van der Waals surface area (Å²) in [5, 5.41) is 16.9. The number of aliphatic hydroxyl groups is 1. The zero-order chi connectivity index (χ0) is 28.4. The molecule has 9 heteroatoms. The molecule has 2 amide bonds. The molecule has 2 aromatic rings. The number of benzene rings is 1. The smallest absolute Gasteiger partial charge is 0.243 e. The Balaban J connectivity index is 1.55. The molecule has 0 saturated carbocycles. The highest BCUT2D eigenvalue weighted by molar-refractivity contribution is 14.1. The zero-order valence-corrected chi connectivity index (χ0v) is 26.8. The van der Waals surface area contributed by atoms with Crippen molar-refractivity contribution in [2.75, 3.05) is 17.5 Å². The molecular formula is C30H45IN4O3S. The minimum Gasteiger partial charge on any atom is -0.391 e. The van der Waals surface area contributed by atoms with E-state index in [0.717, 1.165) is 41.1 Å². The SMILES string of the molecule is Cc1ncsc1-c1ccc(CNC(=O)[C@@H]2C[C@@H](O)CN2C(=O)[C@@H](NCCCCCCCCI)C(C)(C)C)cc1. The fourth-order valence-corrected chi connectivity index (χ4v) is 6.42.